The highest BCUT2D eigenvalue weighted by molar-refractivity contribution is 5.92. The van der Waals surface area contributed by atoms with E-state index in [4.69, 9.17) is 5.73 Å². The van der Waals surface area contributed by atoms with Gasteiger partial charge in [-0.25, -0.2) is 0 Å². The summed E-state index contributed by atoms with van der Waals surface area (Å²) in [6.07, 6.45) is 3.47. The fraction of sp³-hybridized carbons (Fsp3) is 0.438. The highest BCUT2D eigenvalue weighted by atomic mass is 16.2. The van der Waals surface area contributed by atoms with E-state index in [1.54, 1.807) is 6.08 Å². The second-order valence-electron chi connectivity index (χ2n) is 5.27. The molecule has 0 radical (unpaired) electrons. The number of hydrogen-bond acceptors (Lipinski definition) is 3. The zero-order valence-corrected chi connectivity index (χ0v) is 12.2. The quantitative estimate of drug-likeness (QED) is 0.675. The molecule has 1 saturated heterocycles. The van der Waals surface area contributed by atoms with Crippen LogP contribution in [0.5, 0.6) is 0 Å². The Labute approximate surface area is 120 Å². The van der Waals surface area contributed by atoms with Crippen molar-refractivity contribution in [2.75, 3.05) is 31.9 Å². The van der Waals surface area contributed by atoms with Crippen molar-refractivity contribution >= 4 is 17.7 Å². The lowest BCUT2D eigenvalue weighted by atomic mass is 10.1. The van der Waals surface area contributed by atoms with Crippen LogP contribution in [0.25, 0.3) is 6.08 Å². The number of carbonyl (C=O) groups is 1. The maximum atomic E-state index is 12.2. The Morgan fingerprint density at radius 2 is 2.25 bits per heavy atom. The van der Waals surface area contributed by atoms with Crippen molar-refractivity contribution < 1.29 is 4.79 Å². The molecule has 0 bridgehead atoms. The van der Waals surface area contributed by atoms with Crippen molar-refractivity contribution in [2.45, 2.75) is 19.9 Å². The van der Waals surface area contributed by atoms with Gasteiger partial charge in [0.1, 0.15) is 0 Å². The zero-order chi connectivity index (χ0) is 14.5. The van der Waals surface area contributed by atoms with Crippen LogP contribution in [0.1, 0.15) is 19.4 Å². The van der Waals surface area contributed by atoms with Crippen LogP contribution < -0.4 is 5.73 Å². The summed E-state index contributed by atoms with van der Waals surface area (Å²) >= 11 is 0. The van der Waals surface area contributed by atoms with E-state index in [2.05, 4.69) is 18.7 Å². The number of nitrogens with zero attached hydrogens (tertiary/aromatic N) is 2. The molecule has 1 aromatic rings. The average Bonchev–Trinajstić information content (AvgIpc) is 2.44. The lowest BCUT2D eigenvalue weighted by Crippen LogP contribution is -2.53. The largest absolute Gasteiger partial charge is 0.399 e. The fourth-order valence-electron chi connectivity index (χ4n) is 2.60. The Morgan fingerprint density at radius 1 is 1.45 bits per heavy atom. The predicted molar refractivity (Wildman–Crippen MR) is 83.2 cm³/mol. The lowest BCUT2D eigenvalue weighted by molar-refractivity contribution is -0.128. The molecule has 4 nitrogen and oxygen atoms in total. The van der Waals surface area contributed by atoms with Gasteiger partial charge in [-0.2, -0.15) is 0 Å². The molecule has 0 aliphatic carbocycles. The third-order valence-electron chi connectivity index (χ3n) is 3.81. The summed E-state index contributed by atoms with van der Waals surface area (Å²) in [5, 5.41) is 0. The van der Waals surface area contributed by atoms with E-state index in [1.807, 2.05) is 35.2 Å². The molecule has 0 spiro atoms. The van der Waals surface area contributed by atoms with Crippen molar-refractivity contribution in [1.29, 1.82) is 0 Å². The highest BCUT2D eigenvalue weighted by Gasteiger charge is 2.24. The average molecular weight is 273 g/mol. The molecule has 1 heterocycles. The van der Waals surface area contributed by atoms with Crippen LogP contribution >= 0.6 is 0 Å². The zero-order valence-electron chi connectivity index (χ0n) is 12.2. The van der Waals surface area contributed by atoms with Crippen LogP contribution in [-0.2, 0) is 4.79 Å². The van der Waals surface area contributed by atoms with Crippen molar-refractivity contribution in [2.24, 2.45) is 0 Å². The van der Waals surface area contributed by atoms with Gasteiger partial charge in [-0.15, -0.1) is 0 Å². The minimum absolute atomic E-state index is 0.0787. The second-order valence-corrected chi connectivity index (χ2v) is 5.27. The number of anilines is 1. The molecule has 1 amide bonds. The Balaban J connectivity index is 1.95. The minimum atomic E-state index is 0.0787. The first-order valence-electron chi connectivity index (χ1n) is 7.16. The van der Waals surface area contributed by atoms with E-state index < -0.39 is 0 Å². The van der Waals surface area contributed by atoms with Crippen molar-refractivity contribution in [3.05, 3.63) is 35.9 Å². The summed E-state index contributed by atoms with van der Waals surface area (Å²) in [7, 11) is 0. The molecule has 1 atom stereocenters. The van der Waals surface area contributed by atoms with Gasteiger partial charge in [-0.1, -0.05) is 19.1 Å². The predicted octanol–water partition coefficient (Wildman–Crippen LogP) is 1.83. The van der Waals surface area contributed by atoms with E-state index >= 15 is 0 Å². The Bertz CT molecular complexity index is 498. The fourth-order valence-corrected chi connectivity index (χ4v) is 2.60. The maximum absolute atomic E-state index is 12.2. The minimum Gasteiger partial charge on any atom is -0.399 e. The van der Waals surface area contributed by atoms with Gasteiger partial charge in [0.2, 0.25) is 5.91 Å². The Hall–Kier alpha value is -1.81. The Kier molecular flexibility index (Phi) is 4.79. The first-order valence-corrected chi connectivity index (χ1v) is 7.16. The highest BCUT2D eigenvalue weighted by Crippen LogP contribution is 2.11. The maximum Gasteiger partial charge on any atom is 0.246 e. The van der Waals surface area contributed by atoms with Crippen LogP contribution in [0, 0.1) is 0 Å². The summed E-state index contributed by atoms with van der Waals surface area (Å²) in [5.74, 6) is 0.0787. The number of rotatable bonds is 3. The van der Waals surface area contributed by atoms with Crippen LogP contribution in [0.2, 0.25) is 0 Å². The number of likely N-dealkylation sites (N-methyl/N-ethyl adjacent to an activating group) is 1. The first kappa shape index (κ1) is 14.6. The molecular weight excluding hydrogens is 250 g/mol. The van der Waals surface area contributed by atoms with Gasteiger partial charge in [0.05, 0.1) is 0 Å². The lowest BCUT2D eigenvalue weighted by Gasteiger charge is -2.38. The number of amides is 1. The summed E-state index contributed by atoms with van der Waals surface area (Å²) < 4.78 is 0. The number of hydrogen-bond donors (Lipinski definition) is 1. The van der Waals surface area contributed by atoms with E-state index in [1.165, 1.54) is 0 Å². The van der Waals surface area contributed by atoms with E-state index in [0.29, 0.717) is 11.7 Å². The van der Waals surface area contributed by atoms with Gasteiger partial charge in [0.25, 0.3) is 0 Å². The summed E-state index contributed by atoms with van der Waals surface area (Å²) in [4.78, 5) is 16.5. The molecule has 20 heavy (non-hydrogen) atoms. The van der Waals surface area contributed by atoms with E-state index in [-0.39, 0.29) is 5.91 Å². The molecule has 0 aromatic heterocycles. The summed E-state index contributed by atoms with van der Waals surface area (Å²) in [5.41, 5.74) is 7.39. The molecular formula is C16H23N3O. The smallest absolute Gasteiger partial charge is 0.246 e. The molecule has 1 unspecified atom stereocenters. The number of piperazine rings is 1. The van der Waals surface area contributed by atoms with Crippen LogP contribution in [0.15, 0.2) is 30.3 Å². The van der Waals surface area contributed by atoms with Gasteiger partial charge >= 0.3 is 0 Å². The van der Waals surface area contributed by atoms with Gasteiger partial charge < -0.3 is 10.6 Å². The molecule has 4 heteroatoms. The molecule has 2 N–H and O–H groups in total. The molecule has 1 aliphatic rings. The van der Waals surface area contributed by atoms with Crippen molar-refractivity contribution in [3.8, 4) is 0 Å². The molecule has 0 saturated carbocycles. The molecule has 108 valence electrons. The van der Waals surface area contributed by atoms with Crippen LogP contribution in [-0.4, -0.2) is 47.9 Å². The molecule has 1 aliphatic heterocycles. The van der Waals surface area contributed by atoms with Crippen LogP contribution in [0.3, 0.4) is 0 Å². The van der Waals surface area contributed by atoms with E-state index in [9.17, 15) is 4.79 Å². The summed E-state index contributed by atoms with van der Waals surface area (Å²) in [6.45, 7) is 7.93. The molecule has 1 fully saturated rings. The monoisotopic (exact) mass is 273 g/mol. The van der Waals surface area contributed by atoms with Gasteiger partial charge in [0.15, 0.2) is 0 Å². The first-order chi connectivity index (χ1) is 9.60. The van der Waals surface area contributed by atoms with Gasteiger partial charge in [0, 0.05) is 37.4 Å². The Morgan fingerprint density at radius 3 is 2.90 bits per heavy atom. The normalized spacial score (nSPS) is 20.5. The third kappa shape index (κ3) is 3.61. The third-order valence-corrected chi connectivity index (χ3v) is 3.81. The summed E-state index contributed by atoms with van der Waals surface area (Å²) in [6, 6.07) is 7.96. The van der Waals surface area contributed by atoms with E-state index in [0.717, 1.165) is 31.7 Å². The van der Waals surface area contributed by atoms with Gasteiger partial charge in [-0.3, -0.25) is 9.69 Å². The molecule has 2 rings (SSSR count). The van der Waals surface area contributed by atoms with Crippen molar-refractivity contribution in [3.63, 3.8) is 0 Å². The SMILES string of the molecule is CCN1CCN(C(=O)/C=C/c2cccc(N)c2)CC1C. The van der Waals surface area contributed by atoms with Crippen molar-refractivity contribution in [1.82, 2.24) is 9.80 Å². The number of nitrogen functional groups attached to an aromatic ring is 1. The second kappa shape index (κ2) is 6.57. The number of benzene rings is 1. The van der Waals surface area contributed by atoms with Gasteiger partial charge in [-0.05, 0) is 37.2 Å². The molecule has 1 aromatic carbocycles. The van der Waals surface area contributed by atoms with Crippen LogP contribution in [0.4, 0.5) is 5.69 Å². The topological polar surface area (TPSA) is 49.6 Å². The standard InChI is InChI=1S/C16H23N3O/c1-3-18-9-10-19(12-13(18)2)16(20)8-7-14-5-4-6-15(17)11-14/h4-8,11,13H,3,9-10,12,17H2,1-2H3/b8-7+. The number of carbonyl (C=O) groups excluding carboxylic acids is 1. The number of nitrogens with two attached hydrogens (primary N) is 1.